The summed E-state index contributed by atoms with van der Waals surface area (Å²) in [6.07, 6.45) is 1.58. The number of hydrogen-bond acceptors (Lipinski definition) is 5. The van der Waals surface area contributed by atoms with Gasteiger partial charge in [0.15, 0.2) is 11.4 Å². The maximum atomic E-state index is 12.5. The van der Waals surface area contributed by atoms with E-state index in [1.54, 1.807) is 17.2 Å². The van der Waals surface area contributed by atoms with Crippen LogP contribution in [0.3, 0.4) is 0 Å². The van der Waals surface area contributed by atoms with Crippen LogP contribution in [0.15, 0.2) is 48.7 Å². The van der Waals surface area contributed by atoms with Gasteiger partial charge in [0.1, 0.15) is 11.3 Å². The monoisotopic (exact) mass is 322 g/mol. The molecule has 0 aliphatic heterocycles. The van der Waals surface area contributed by atoms with Crippen LogP contribution in [0.5, 0.6) is 5.75 Å². The third-order valence-electron chi connectivity index (χ3n) is 3.65. The number of aromatic hydroxyl groups is 1. The quantitative estimate of drug-likeness (QED) is 0.771. The van der Waals surface area contributed by atoms with Crippen LogP contribution < -0.4 is 10.2 Å². The Balaban J connectivity index is 1.96. The summed E-state index contributed by atoms with van der Waals surface area (Å²) in [5.74, 6) is -0.0606. The first-order valence-corrected chi connectivity index (χ1v) is 7.55. The first-order chi connectivity index (χ1) is 11.6. The highest BCUT2D eigenvalue weighted by molar-refractivity contribution is 6.03. The van der Waals surface area contributed by atoms with E-state index in [2.05, 4.69) is 15.3 Å². The van der Waals surface area contributed by atoms with Gasteiger partial charge in [0, 0.05) is 32.2 Å². The number of amides is 1. The van der Waals surface area contributed by atoms with Crippen molar-refractivity contribution in [3.63, 3.8) is 0 Å². The molecule has 0 atom stereocenters. The van der Waals surface area contributed by atoms with Gasteiger partial charge in [-0.2, -0.15) is 0 Å². The number of pyridine rings is 2. The summed E-state index contributed by atoms with van der Waals surface area (Å²) < 4.78 is 0. The molecule has 0 saturated heterocycles. The molecule has 0 aliphatic rings. The summed E-state index contributed by atoms with van der Waals surface area (Å²) >= 11 is 0. The summed E-state index contributed by atoms with van der Waals surface area (Å²) in [4.78, 5) is 22.8. The molecule has 6 nitrogen and oxygen atoms in total. The van der Waals surface area contributed by atoms with E-state index >= 15 is 0 Å². The first kappa shape index (κ1) is 15.7. The summed E-state index contributed by atoms with van der Waals surface area (Å²) in [6.45, 7) is 0.359. The predicted molar refractivity (Wildman–Crippen MR) is 93.1 cm³/mol. The molecular formula is C18H18N4O2. The Labute approximate surface area is 139 Å². The topological polar surface area (TPSA) is 78.4 Å². The number of hydrogen-bond donors (Lipinski definition) is 2. The average Bonchev–Trinajstić information content (AvgIpc) is 2.61. The maximum absolute atomic E-state index is 12.5. The number of carbonyl (C=O) groups excluding carboxylic acids is 1. The summed E-state index contributed by atoms with van der Waals surface area (Å²) in [5.41, 5.74) is 1.30. The van der Waals surface area contributed by atoms with Crippen molar-refractivity contribution in [3.05, 3.63) is 59.9 Å². The Morgan fingerprint density at radius 3 is 2.62 bits per heavy atom. The summed E-state index contributed by atoms with van der Waals surface area (Å²) in [7, 11) is 3.66. The van der Waals surface area contributed by atoms with E-state index in [0.717, 1.165) is 5.56 Å². The molecule has 0 aliphatic carbocycles. The number of anilines is 1. The molecule has 2 aromatic heterocycles. The molecular weight excluding hydrogens is 304 g/mol. The van der Waals surface area contributed by atoms with Crippen molar-refractivity contribution < 1.29 is 9.90 Å². The molecule has 122 valence electrons. The van der Waals surface area contributed by atoms with Crippen molar-refractivity contribution in [2.24, 2.45) is 0 Å². The highest BCUT2D eigenvalue weighted by Gasteiger charge is 2.20. The van der Waals surface area contributed by atoms with Crippen molar-refractivity contribution in [1.82, 2.24) is 15.3 Å². The molecule has 24 heavy (non-hydrogen) atoms. The molecule has 0 saturated carbocycles. The standard InChI is InChI=1S/C18H18N4O2/c1-22(2)17-13-9-6-10-19-14(13)16(23)15(21-17)18(24)20-11-12-7-4-3-5-8-12/h3-10,23H,11H2,1-2H3,(H,20,24). The second-order valence-corrected chi connectivity index (χ2v) is 5.59. The van der Waals surface area contributed by atoms with Crippen LogP contribution in [0.25, 0.3) is 10.9 Å². The number of rotatable bonds is 4. The maximum Gasteiger partial charge on any atom is 0.274 e. The normalized spacial score (nSPS) is 10.6. The Bertz CT molecular complexity index is 879. The van der Waals surface area contributed by atoms with Crippen molar-refractivity contribution >= 4 is 22.6 Å². The van der Waals surface area contributed by atoms with E-state index in [0.29, 0.717) is 23.3 Å². The Hall–Kier alpha value is -3.15. The van der Waals surface area contributed by atoms with Crippen molar-refractivity contribution in [1.29, 1.82) is 0 Å². The third-order valence-corrected chi connectivity index (χ3v) is 3.65. The second-order valence-electron chi connectivity index (χ2n) is 5.59. The van der Waals surface area contributed by atoms with Gasteiger partial charge in [-0.1, -0.05) is 30.3 Å². The Kier molecular flexibility index (Phi) is 4.29. The van der Waals surface area contributed by atoms with Crippen molar-refractivity contribution in [2.45, 2.75) is 6.54 Å². The fraction of sp³-hybridized carbons (Fsp3) is 0.167. The van der Waals surface area contributed by atoms with Crippen LogP contribution in [0, 0.1) is 0 Å². The van der Waals surface area contributed by atoms with Gasteiger partial charge >= 0.3 is 0 Å². The number of aromatic nitrogens is 2. The van der Waals surface area contributed by atoms with Crippen molar-refractivity contribution in [3.8, 4) is 5.75 Å². The Morgan fingerprint density at radius 1 is 1.17 bits per heavy atom. The molecule has 3 rings (SSSR count). The van der Waals surface area contributed by atoms with E-state index in [1.165, 1.54) is 0 Å². The average molecular weight is 322 g/mol. The van der Waals surface area contributed by atoms with Gasteiger partial charge in [-0.05, 0) is 17.7 Å². The number of nitrogens with zero attached hydrogens (tertiary/aromatic N) is 3. The SMILES string of the molecule is CN(C)c1nc(C(=O)NCc2ccccc2)c(O)c2ncccc12. The van der Waals surface area contributed by atoms with Gasteiger partial charge in [0.2, 0.25) is 0 Å². The molecule has 1 aromatic carbocycles. The van der Waals surface area contributed by atoms with Gasteiger partial charge in [0.25, 0.3) is 5.91 Å². The number of nitrogens with one attached hydrogen (secondary N) is 1. The highest BCUT2D eigenvalue weighted by Crippen LogP contribution is 2.31. The number of fused-ring (bicyclic) bond motifs is 1. The lowest BCUT2D eigenvalue weighted by Crippen LogP contribution is -2.25. The number of carbonyl (C=O) groups is 1. The van der Waals surface area contributed by atoms with E-state index in [9.17, 15) is 9.90 Å². The van der Waals surface area contributed by atoms with Crippen LogP contribution >= 0.6 is 0 Å². The molecule has 6 heteroatoms. The molecule has 0 bridgehead atoms. The van der Waals surface area contributed by atoms with E-state index < -0.39 is 5.91 Å². The second kappa shape index (κ2) is 6.54. The van der Waals surface area contributed by atoms with Gasteiger partial charge in [-0.3, -0.25) is 9.78 Å². The predicted octanol–water partition coefficient (Wildman–Crippen LogP) is 2.33. The zero-order valence-corrected chi connectivity index (χ0v) is 13.5. The van der Waals surface area contributed by atoms with Gasteiger partial charge in [-0.15, -0.1) is 0 Å². The minimum Gasteiger partial charge on any atom is -0.504 e. The lowest BCUT2D eigenvalue weighted by Gasteiger charge is -2.16. The van der Waals surface area contributed by atoms with Gasteiger partial charge < -0.3 is 15.3 Å². The fourth-order valence-corrected chi connectivity index (χ4v) is 2.47. The van der Waals surface area contributed by atoms with Crippen LogP contribution in [0.2, 0.25) is 0 Å². The summed E-state index contributed by atoms with van der Waals surface area (Å²) in [6, 6.07) is 13.1. The summed E-state index contributed by atoms with van der Waals surface area (Å²) in [5, 5.41) is 13.9. The first-order valence-electron chi connectivity index (χ1n) is 7.55. The minimum absolute atomic E-state index is 0.0270. The lowest BCUT2D eigenvalue weighted by atomic mass is 10.1. The van der Waals surface area contributed by atoms with Crippen LogP contribution in [0.4, 0.5) is 5.82 Å². The highest BCUT2D eigenvalue weighted by atomic mass is 16.3. The molecule has 0 spiro atoms. The molecule has 2 N–H and O–H groups in total. The molecule has 0 radical (unpaired) electrons. The minimum atomic E-state index is -0.438. The lowest BCUT2D eigenvalue weighted by molar-refractivity contribution is 0.0943. The Morgan fingerprint density at radius 2 is 1.92 bits per heavy atom. The molecule has 1 amide bonds. The van der Waals surface area contributed by atoms with E-state index in [1.807, 2.05) is 50.5 Å². The zero-order valence-electron chi connectivity index (χ0n) is 13.5. The molecule has 0 fully saturated rings. The van der Waals surface area contributed by atoms with Crippen LogP contribution in [-0.2, 0) is 6.54 Å². The fourth-order valence-electron chi connectivity index (χ4n) is 2.47. The van der Waals surface area contributed by atoms with Gasteiger partial charge in [-0.25, -0.2) is 4.98 Å². The van der Waals surface area contributed by atoms with Crippen LogP contribution in [-0.4, -0.2) is 35.1 Å². The van der Waals surface area contributed by atoms with Crippen molar-refractivity contribution in [2.75, 3.05) is 19.0 Å². The molecule has 3 aromatic rings. The third kappa shape index (κ3) is 2.99. The number of benzene rings is 1. The van der Waals surface area contributed by atoms with Crippen LogP contribution in [0.1, 0.15) is 16.1 Å². The smallest absolute Gasteiger partial charge is 0.274 e. The zero-order chi connectivity index (χ0) is 17.1. The van der Waals surface area contributed by atoms with Gasteiger partial charge in [0.05, 0.1) is 0 Å². The molecule has 0 unspecified atom stereocenters. The van der Waals surface area contributed by atoms with E-state index in [4.69, 9.17) is 0 Å². The molecule has 2 heterocycles. The largest absolute Gasteiger partial charge is 0.504 e. The van der Waals surface area contributed by atoms with E-state index in [-0.39, 0.29) is 11.4 Å².